The van der Waals surface area contributed by atoms with Gasteiger partial charge in [-0.2, -0.15) is 5.10 Å². The molecule has 0 aliphatic carbocycles. The van der Waals surface area contributed by atoms with Crippen LogP contribution in [-0.4, -0.2) is 51.7 Å². The lowest BCUT2D eigenvalue weighted by molar-refractivity contribution is 0.273. The third kappa shape index (κ3) is 2.41. The van der Waals surface area contributed by atoms with Crippen molar-refractivity contribution >= 4 is 34.0 Å². The lowest BCUT2D eigenvalue weighted by Crippen LogP contribution is -2.37. The van der Waals surface area contributed by atoms with E-state index >= 15 is 0 Å². The molecule has 2 aliphatic heterocycles. The molecule has 1 atom stereocenters. The third-order valence-electron chi connectivity index (χ3n) is 5.65. The predicted molar refractivity (Wildman–Crippen MR) is 102 cm³/mol. The summed E-state index contributed by atoms with van der Waals surface area (Å²) in [6, 6.07) is 9.05. The van der Waals surface area contributed by atoms with Crippen LogP contribution in [0.25, 0.3) is 16.6 Å². The summed E-state index contributed by atoms with van der Waals surface area (Å²) in [6.07, 6.45) is 3.80. The fourth-order valence-electron chi connectivity index (χ4n) is 4.41. The number of halogens is 1. The predicted octanol–water partition coefficient (Wildman–Crippen LogP) is 3.52. The van der Waals surface area contributed by atoms with Gasteiger partial charge in [-0.1, -0.05) is 23.7 Å². The minimum absolute atomic E-state index is 0.654. The van der Waals surface area contributed by atoms with Gasteiger partial charge in [0.15, 0.2) is 5.65 Å². The van der Waals surface area contributed by atoms with Crippen LogP contribution in [0, 0.1) is 6.92 Å². The third-order valence-corrected chi connectivity index (χ3v) is 6.10. The van der Waals surface area contributed by atoms with Crippen LogP contribution < -0.4 is 4.90 Å². The van der Waals surface area contributed by atoms with E-state index in [1.165, 1.54) is 32.4 Å². The summed E-state index contributed by atoms with van der Waals surface area (Å²) in [5, 5.41) is 6.40. The molecule has 1 aromatic carbocycles. The number of nitrogens with zero attached hydrogens (tertiary/aromatic N) is 5. The first-order chi connectivity index (χ1) is 12.2. The highest BCUT2D eigenvalue weighted by atomic mass is 35.5. The molecular weight excluding hydrogens is 334 g/mol. The fourth-order valence-corrected chi connectivity index (χ4v) is 4.57. The van der Waals surface area contributed by atoms with Gasteiger partial charge in [0.2, 0.25) is 0 Å². The van der Waals surface area contributed by atoms with Crippen molar-refractivity contribution < 1.29 is 0 Å². The van der Waals surface area contributed by atoms with Crippen LogP contribution in [0.4, 0.5) is 5.82 Å². The summed E-state index contributed by atoms with van der Waals surface area (Å²) in [7, 11) is 0. The van der Waals surface area contributed by atoms with Gasteiger partial charge in [-0.25, -0.2) is 9.50 Å². The lowest BCUT2D eigenvalue weighted by atomic mass is 10.2. The van der Waals surface area contributed by atoms with Crippen molar-refractivity contribution in [3.8, 4) is 0 Å². The van der Waals surface area contributed by atoms with Gasteiger partial charge in [-0.3, -0.25) is 4.90 Å². The smallest absolute Gasteiger partial charge is 0.176 e. The molecule has 0 bridgehead atoms. The van der Waals surface area contributed by atoms with E-state index in [9.17, 15) is 0 Å². The summed E-state index contributed by atoms with van der Waals surface area (Å²) in [4.78, 5) is 10.1. The van der Waals surface area contributed by atoms with Crippen LogP contribution in [0.5, 0.6) is 0 Å². The first-order valence-electron chi connectivity index (χ1n) is 9.15. The number of anilines is 1. The minimum atomic E-state index is 0.654. The first-order valence-corrected chi connectivity index (χ1v) is 9.53. The van der Waals surface area contributed by atoms with E-state index in [0.717, 1.165) is 41.2 Å². The van der Waals surface area contributed by atoms with E-state index in [1.807, 2.05) is 11.4 Å². The van der Waals surface area contributed by atoms with Crippen molar-refractivity contribution in [2.24, 2.45) is 0 Å². The molecule has 0 radical (unpaired) electrons. The average molecular weight is 356 g/mol. The Labute approximate surface area is 152 Å². The molecule has 25 heavy (non-hydrogen) atoms. The molecule has 0 spiro atoms. The van der Waals surface area contributed by atoms with E-state index < -0.39 is 0 Å². The minimum Gasteiger partial charge on any atom is -0.354 e. The Bertz CT molecular complexity index is 950. The Morgan fingerprint density at radius 3 is 2.88 bits per heavy atom. The van der Waals surface area contributed by atoms with Gasteiger partial charge in [0.1, 0.15) is 10.8 Å². The highest BCUT2D eigenvalue weighted by Crippen LogP contribution is 2.32. The number of aromatic nitrogens is 3. The highest BCUT2D eigenvalue weighted by Gasteiger charge is 2.30. The highest BCUT2D eigenvalue weighted by molar-refractivity contribution is 6.34. The van der Waals surface area contributed by atoms with Crippen molar-refractivity contribution in [1.82, 2.24) is 19.5 Å². The van der Waals surface area contributed by atoms with Gasteiger partial charge in [0.25, 0.3) is 0 Å². The van der Waals surface area contributed by atoms with Crippen molar-refractivity contribution in [1.29, 1.82) is 0 Å². The molecule has 130 valence electrons. The maximum atomic E-state index is 6.50. The number of aryl methyl sites for hydroxylation is 1. The normalized spacial score (nSPS) is 21.8. The maximum Gasteiger partial charge on any atom is 0.176 e. The monoisotopic (exact) mass is 355 g/mol. The van der Waals surface area contributed by atoms with Crippen molar-refractivity contribution in [2.75, 3.05) is 31.1 Å². The second-order valence-electron chi connectivity index (χ2n) is 7.22. The summed E-state index contributed by atoms with van der Waals surface area (Å²) >= 11 is 6.50. The molecule has 0 N–H and O–H groups in total. The molecule has 4 heterocycles. The van der Waals surface area contributed by atoms with E-state index in [2.05, 4.69) is 39.2 Å². The topological polar surface area (TPSA) is 36.7 Å². The van der Waals surface area contributed by atoms with Crippen molar-refractivity contribution in [3.05, 3.63) is 35.0 Å². The molecule has 2 aliphatic rings. The van der Waals surface area contributed by atoms with Gasteiger partial charge in [0.05, 0.1) is 11.2 Å². The van der Waals surface area contributed by atoms with E-state index in [1.54, 1.807) is 0 Å². The molecule has 5 rings (SSSR count). The van der Waals surface area contributed by atoms with Crippen LogP contribution in [-0.2, 0) is 0 Å². The van der Waals surface area contributed by atoms with Crippen LogP contribution in [0.15, 0.2) is 24.3 Å². The largest absolute Gasteiger partial charge is 0.354 e. The number of rotatable bonds is 1. The standard InChI is InChI=1S/C19H22ClN5/c1-13-17(20)19-21-18(15-7-2-3-8-16(15)25(19)22-13)24-11-5-10-23-9-4-6-14(23)12-24/h2-3,7-8,14H,4-6,9-12H2,1H3/t14-/m0/s1. The number of hydrogen-bond donors (Lipinski definition) is 0. The summed E-state index contributed by atoms with van der Waals surface area (Å²) in [6.45, 7) is 6.49. The van der Waals surface area contributed by atoms with Gasteiger partial charge in [-0.05, 0) is 44.9 Å². The Morgan fingerprint density at radius 2 is 1.96 bits per heavy atom. The molecule has 6 heteroatoms. The van der Waals surface area contributed by atoms with Gasteiger partial charge >= 0.3 is 0 Å². The summed E-state index contributed by atoms with van der Waals surface area (Å²) < 4.78 is 1.89. The van der Waals surface area contributed by atoms with E-state index in [-0.39, 0.29) is 0 Å². The second kappa shape index (κ2) is 5.85. The van der Waals surface area contributed by atoms with Crippen molar-refractivity contribution in [3.63, 3.8) is 0 Å². The van der Waals surface area contributed by atoms with Gasteiger partial charge in [0, 0.05) is 31.1 Å². The van der Waals surface area contributed by atoms with E-state index in [4.69, 9.17) is 16.6 Å². The number of benzene rings is 1. The maximum absolute atomic E-state index is 6.50. The van der Waals surface area contributed by atoms with Gasteiger partial charge < -0.3 is 4.90 Å². The molecule has 0 saturated carbocycles. The van der Waals surface area contributed by atoms with Crippen molar-refractivity contribution in [2.45, 2.75) is 32.2 Å². The molecule has 3 aromatic rings. The van der Waals surface area contributed by atoms with Crippen LogP contribution >= 0.6 is 11.6 Å². The first kappa shape index (κ1) is 15.4. The zero-order valence-corrected chi connectivity index (χ0v) is 15.2. The quantitative estimate of drug-likeness (QED) is 0.669. The molecule has 5 nitrogen and oxygen atoms in total. The molecule has 2 fully saturated rings. The van der Waals surface area contributed by atoms with Crippen LogP contribution in [0.1, 0.15) is 25.0 Å². The van der Waals surface area contributed by atoms with Crippen LogP contribution in [0.3, 0.4) is 0 Å². The molecule has 2 saturated heterocycles. The Morgan fingerprint density at radius 1 is 1.12 bits per heavy atom. The zero-order chi connectivity index (χ0) is 17.0. The lowest BCUT2D eigenvalue weighted by Gasteiger charge is -2.27. The molecule has 2 aromatic heterocycles. The second-order valence-corrected chi connectivity index (χ2v) is 7.60. The van der Waals surface area contributed by atoms with Crippen LogP contribution in [0.2, 0.25) is 5.02 Å². The SMILES string of the molecule is Cc1nn2c(nc(N3CCCN4CCC[C@H]4C3)c3ccccc32)c1Cl. The van der Waals surface area contributed by atoms with E-state index in [0.29, 0.717) is 11.1 Å². The summed E-state index contributed by atoms with van der Waals surface area (Å²) in [5.74, 6) is 1.05. The molecule has 0 amide bonds. The Balaban J connectivity index is 1.69. The average Bonchev–Trinajstić information content (AvgIpc) is 3.12. The summed E-state index contributed by atoms with van der Waals surface area (Å²) in [5.41, 5.74) is 2.67. The molecular formula is C19H22ClN5. The Hall–Kier alpha value is -1.85. The molecule has 0 unspecified atom stereocenters. The fraction of sp³-hybridized carbons (Fsp3) is 0.474. The number of hydrogen-bond acceptors (Lipinski definition) is 4. The zero-order valence-electron chi connectivity index (χ0n) is 14.5. The number of fused-ring (bicyclic) bond motifs is 4. The van der Waals surface area contributed by atoms with Gasteiger partial charge in [-0.15, -0.1) is 0 Å². The number of para-hydroxylation sites is 1. The Kier molecular flexibility index (Phi) is 3.61.